The molecule has 1 N–H and O–H groups in total. The van der Waals surface area contributed by atoms with Gasteiger partial charge in [-0.3, -0.25) is 19.3 Å². The number of allylic oxidation sites excluding steroid dienone is 2. The van der Waals surface area contributed by atoms with Crippen molar-refractivity contribution in [3.05, 3.63) is 71.8 Å². The molecule has 0 radical (unpaired) electrons. The van der Waals surface area contributed by atoms with E-state index in [2.05, 4.69) is 5.32 Å². The molecule has 0 unspecified atom stereocenters. The number of rotatable bonds is 4. The highest BCUT2D eigenvalue weighted by Gasteiger charge is 2.47. The van der Waals surface area contributed by atoms with E-state index in [9.17, 15) is 14.4 Å². The van der Waals surface area contributed by atoms with Crippen LogP contribution >= 0.6 is 0 Å². The molecule has 2 aromatic rings. The molecule has 3 amide bonds. The van der Waals surface area contributed by atoms with Gasteiger partial charge in [0.2, 0.25) is 11.8 Å². The van der Waals surface area contributed by atoms with Crippen LogP contribution in [-0.2, 0) is 16.0 Å². The molecule has 0 spiro atoms. The Balaban J connectivity index is 1.59. The van der Waals surface area contributed by atoms with Crippen LogP contribution in [0.4, 0.5) is 11.4 Å². The number of carbonyl (C=O) groups is 3. The van der Waals surface area contributed by atoms with Gasteiger partial charge in [-0.25, -0.2) is 0 Å². The fraction of sp³-hybridized carbons (Fsp3) is 0.261. The van der Waals surface area contributed by atoms with E-state index in [0.717, 1.165) is 17.7 Å². The third-order valence-corrected chi connectivity index (χ3v) is 5.52. The highest BCUT2D eigenvalue weighted by Crippen LogP contribution is 2.37. The minimum absolute atomic E-state index is 0.173. The third kappa shape index (κ3) is 3.13. The third-order valence-electron chi connectivity index (χ3n) is 5.52. The van der Waals surface area contributed by atoms with E-state index in [0.29, 0.717) is 24.1 Å². The summed E-state index contributed by atoms with van der Waals surface area (Å²) in [5.74, 6) is -1.18. The van der Waals surface area contributed by atoms with Crippen molar-refractivity contribution in [1.82, 2.24) is 0 Å². The van der Waals surface area contributed by atoms with Gasteiger partial charge in [0.25, 0.3) is 5.91 Å². The fourth-order valence-electron chi connectivity index (χ4n) is 3.99. The Kier molecular flexibility index (Phi) is 4.82. The lowest BCUT2D eigenvalue weighted by Gasteiger charge is -2.16. The summed E-state index contributed by atoms with van der Waals surface area (Å²) in [5.41, 5.74) is 2.69. The van der Waals surface area contributed by atoms with Crippen LogP contribution in [-0.4, -0.2) is 17.7 Å². The van der Waals surface area contributed by atoms with Gasteiger partial charge < -0.3 is 5.32 Å². The lowest BCUT2D eigenvalue weighted by atomic mass is 9.85. The van der Waals surface area contributed by atoms with Crippen molar-refractivity contribution >= 4 is 29.1 Å². The summed E-state index contributed by atoms with van der Waals surface area (Å²) in [6, 6.07) is 14.4. The molecule has 5 nitrogen and oxygen atoms in total. The summed E-state index contributed by atoms with van der Waals surface area (Å²) in [5, 5.41) is 2.93. The van der Waals surface area contributed by atoms with Gasteiger partial charge >= 0.3 is 0 Å². The second-order valence-corrected chi connectivity index (χ2v) is 7.18. The normalized spacial score (nSPS) is 21.0. The zero-order valence-electron chi connectivity index (χ0n) is 15.7. The molecule has 2 atom stereocenters. The molecule has 4 rings (SSSR count). The zero-order chi connectivity index (χ0) is 19.7. The number of nitrogens with one attached hydrogen (secondary N) is 1. The second-order valence-electron chi connectivity index (χ2n) is 7.18. The molecule has 1 heterocycles. The number of aryl methyl sites for hydroxylation is 1. The largest absolute Gasteiger partial charge is 0.322 e. The summed E-state index contributed by atoms with van der Waals surface area (Å²) in [4.78, 5) is 39.6. The van der Waals surface area contributed by atoms with E-state index in [1.807, 2.05) is 43.3 Å². The highest BCUT2D eigenvalue weighted by molar-refractivity contribution is 6.22. The number of imide groups is 1. The summed E-state index contributed by atoms with van der Waals surface area (Å²) in [6.45, 7) is 2.03. The van der Waals surface area contributed by atoms with Crippen LogP contribution in [0.1, 0.15) is 35.7 Å². The Labute approximate surface area is 164 Å². The van der Waals surface area contributed by atoms with Gasteiger partial charge in [0, 0.05) is 11.3 Å². The summed E-state index contributed by atoms with van der Waals surface area (Å²) in [7, 11) is 0. The van der Waals surface area contributed by atoms with E-state index in [1.54, 1.807) is 24.3 Å². The quantitative estimate of drug-likeness (QED) is 0.651. The van der Waals surface area contributed by atoms with Crippen molar-refractivity contribution in [2.45, 2.75) is 26.2 Å². The molecule has 2 aromatic carbocycles. The number of hydrogen-bond donors (Lipinski definition) is 1. The van der Waals surface area contributed by atoms with Gasteiger partial charge in [0.1, 0.15) is 0 Å². The maximum atomic E-state index is 12.8. The molecule has 1 aliphatic carbocycles. The van der Waals surface area contributed by atoms with Gasteiger partial charge in [0.15, 0.2) is 0 Å². The van der Waals surface area contributed by atoms with E-state index >= 15 is 0 Å². The number of anilines is 2. The maximum Gasteiger partial charge on any atom is 0.255 e. The molecule has 1 saturated heterocycles. The average molecular weight is 374 g/mol. The molecule has 28 heavy (non-hydrogen) atoms. The molecule has 0 aromatic heterocycles. The van der Waals surface area contributed by atoms with Crippen molar-refractivity contribution in [2.24, 2.45) is 11.8 Å². The first kappa shape index (κ1) is 18.2. The molecular weight excluding hydrogens is 352 g/mol. The van der Waals surface area contributed by atoms with Crippen LogP contribution in [0.25, 0.3) is 0 Å². The van der Waals surface area contributed by atoms with Crippen molar-refractivity contribution in [2.75, 3.05) is 10.2 Å². The molecule has 0 saturated carbocycles. The molecular formula is C23H22N2O3. The lowest BCUT2D eigenvalue weighted by Crippen LogP contribution is -2.31. The minimum Gasteiger partial charge on any atom is -0.322 e. The molecule has 1 aliphatic heterocycles. The van der Waals surface area contributed by atoms with Crippen LogP contribution in [0.2, 0.25) is 0 Å². The Morgan fingerprint density at radius 1 is 1.00 bits per heavy atom. The van der Waals surface area contributed by atoms with E-state index in [4.69, 9.17) is 0 Å². The SMILES string of the molecule is CCc1ccccc1NC(=O)c1cccc(N2C(=O)[C@H]3CC=CC[C@@H]3C2=O)c1. The number of benzene rings is 2. The molecule has 2 aliphatic rings. The Morgan fingerprint density at radius 2 is 1.68 bits per heavy atom. The number of hydrogen-bond acceptors (Lipinski definition) is 3. The summed E-state index contributed by atoms with van der Waals surface area (Å²) in [6.07, 6.45) is 5.93. The van der Waals surface area contributed by atoms with E-state index < -0.39 is 0 Å². The first-order chi connectivity index (χ1) is 13.6. The number of para-hydroxylation sites is 1. The van der Waals surface area contributed by atoms with Crippen molar-refractivity contribution < 1.29 is 14.4 Å². The minimum atomic E-state index is -0.286. The zero-order valence-corrected chi connectivity index (χ0v) is 15.7. The van der Waals surface area contributed by atoms with Crippen LogP contribution in [0, 0.1) is 11.8 Å². The monoisotopic (exact) mass is 374 g/mol. The van der Waals surface area contributed by atoms with Crippen molar-refractivity contribution in [3.8, 4) is 0 Å². The number of carbonyl (C=O) groups excluding carboxylic acids is 3. The first-order valence-electron chi connectivity index (χ1n) is 9.62. The van der Waals surface area contributed by atoms with Crippen molar-refractivity contribution in [3.63, 3.8) is 0 Å². The Hall–Kier alpha value is -3.21. The van der Waals surface area contributed by atoms with Gasteiger partial charge in [-0.2, -0.15) is 0 Å². The number of nitrogens with zero attached hydrogens (tertiary/aromatic N) is 1. The molecule has 1 fully saturated rings. The molecule has 142 valence electrons. The van der Waals surface area contributed by atoms with Gasteiger partial charge in [0.05, 0.1) is 17.5 Å². The number of amides is 3. The van der Waals surface area contributed by atoms with E-state index in [-0.39, 0.29) is 29.6 Å². The average Bonchev–Trinajstić information content (AvgIpc) is 2.99. The van der Waals surface area contributed by atoms with Crippen LogP contribution in [0.15, 0.2) is 60.7 Å². The fourth-order valence-corrected chi connectivity index (χ4v) is 3.99. The molecule has 0 bridgehead atoms. The maximum absolute atomic E-state index is 12.8. The topological polar surface area (TPSA) is 66.5 Å². The van der Waals surface area contributed by atoms with Gasteiger partial charge in [-0.1, -0.05) is 43.3 Å². The highest BCUT2D eigenvalue weighted by atomic mass is 16.2. The smallest absolute Gasteiger partial charge is 0.255 e. The first-order valence-corrected chi connectivity index (χ1v) is 9.62. The van der Waals surface area contributed by atoms with Gasteiger partial charge in [-0.15, -0.1) is 0 Å². The lowest BCUT2D eigenvalue weighted by molar-refractivity contribution is -0.122. The Morgan fingerprint density at radius 3 is 2.36 bits per heavy atom. The van der Waals surface area contributed by atoms with Crippen LogP contribution in [0.3, 0.4) is 0 Å². The summed E-state index contributed by atoms with van der Waals surface area (Å²) < 4.78 is 0. The standard InChI is InChI=1S/C23H22N2O3/c1-2-15-8-3-6-13-20(15)24-21(26)16-9-7-10-17(14-16)25-22(27)18-11-4-5-12-19(18)23(25)28/h3-10,13-14,18-19H,2,11-12H2,1H3,(H,24,26)/t18-,19-/m0/s1. The predicted octanol–water partition coefficient (Wildman–Crippen LogP) is 3.96. The van der Waals surface area contributed by atoms with Gasteiger partial charge in [-0.05, 0) is 49.1 Å². The number of fused-ring (bicyclic) bond motifs is 1. The summed E-state index contributed by atoms with van der Waals surface area (Å²) >= 11 is 0. The molecule has 5 heteroatoms. The predicted molar refractivity (Wildman–Crippen MR) is 108 cm³/mol. The Bertz CT molecular complexity index is 953. The van der Waals surface area contributed by atoms with Crippen LogP contribution in [0.5, 0.6) is 0 Å². The second kappa shape index (κ2) is 7.43. The van der Waals surface area contributed by atoms with E-state index in [1.165, 1.54) is 4.90 Å². The van der Waals surface area contributed by atoms with Crippen LogP contribution < -0.4 is 10.2 Å². The van der Waals surface area contributed by atoms with Crippen molar-refractivity contribution in [1.29, 1.82) is 0 Å².